The van der Waals surface area contributed by atoms with Gasteiger partial charge >= 0.3 is 0 Å². The van der Waals surface area contributed by atoms with Gasteiger partial charge in [0.05, 0.1) is 18.8 Å². The lowest BCUT2D eigenvalue weighted by Crippen LogP contribution is -2.36. The van der Waals surface area contributed by atoms with Gasteiger partial charge < -0.3 is 24.5 Å². The predicted molar refractivity (Wildman–Crippen MR) is 106 cm³/mol. The van der Waals surface area contributed by atoms with E-state index in [0.717, 1.165) is 34.9 Å². The third-order valence-corrected chi connectivity index (χ3v) is 4.21. The first-order chi connectivity index (χ1) is 13.8. The Morgan fingerprint density at radius 3 is 2.79 bits per heavy atom. The summed E-state index contributed by atoms with van der Waals surface area (Å²) in [7, 11) is 0. The van der Waals surface area contributed by atoms with Crippen molar-refractivity contribution in [3.63, 3.8) is 0 Å². The summed E-state index contributed by atoms with van der Waals surface area (Å²) < 4.78 is 16.3. The van der Waals surface area contributed by atoms with Crippen molar-refractivity contribution in [1.82, 2.24) is 15.6 Å². The summed E-state index contributed by atoms with van der Waals surface area (Å²) in [6.07, 6.45) is 1.66. The van der Waals surface area contributed by atoms with E-state index in [2.05, 4.69) is 20.6 Å². The molecule has 2 N–H and O–H groups in total. The van der Waals surface area contributed by atoms with Crippen molar-refractivity contribution in [2.75, 3.05) is 13.3 Å². The molecule has 0 fully saturated rings. The second kappa shape index (κ2) is 8.47. The van der Waals surface area contributed by atoms with E-state index in [1.54, 1.807) is 6.26 Å². The summed E-state index contributed by atoms with van der Waals surface area (Å²) in [6.45, 7) is 4.11. The molecular formula is C21H22N4O3. The molecule has 3 aromatic rings. The van der Waals surface area contributed by atoms with E-state index in [4.69, 9.17) is 13.9 Å². The van der Waals surface area contributed by atoms with Gasteiger partial charge in [0.25, 0.3) is 0 Å². The van der Waals surface area contributed by atoms with Crippen LogP contribution in [-0.4, -0.2) is 24.3 Å². The van der Waals surface area contributed by atoms with Crippen LogP contribution in [0.5, 0.6) is 11.5 Å². The van der Waals surface area contributed by atoms with Crippen LogP contribution >= 0.6 is 0 Å². The highest BCUT2D eigenvalue weighted by Crippen LogP contribution is 2.32. The number of nitrogens with one attached hydrogen (secondary N) is 2. The van der Waals surface area contributed by atoms with Crippen LogP contribution in [-0.2, 0) is 13.1 Å². The van der Waals surface area contributed by atoms with Crippen LogP contribution in [0.3, 0.4) is 0 Å². The lowest BCUT2D eigenvalue weighted by atomic mass is 10.2. The smallest absolute Gasteiger partial charge is 0.231 e. The maximum absolute atomic E-state index is 5.58. The molecule has 2 heterocycles. The summed E-state index contributed by atoms with van der Waals surface area (Å²) >= 11 is 0. The van der Waals surface area contributed by atoms with Crippen molar-refractivity contribution in [2.45, 2.75) is 20.0 Å². The molecule has 4 rings (SSSR count). The van der Waals surface area contributed by atoms with Crippen molar-refractivity contribution in [3.8, 4) is 23.0 Å². The van der Waals surface area contributed by atoms with Gasteiger partial charge in [0, 0.05) is 12.1 Å². The van der Waals surface area contributed by atoms with E-state index >= 15 is 0 Å². The number of hydrogen-bond donors (Lipinski definition) is 2. The van der Waals surface area contributed by atoms with Crippen LogP contribution in [0.2, 0.25) is 0 Å². The highest BCUT2D eigenvalue weighted by atomic mass is 16.7. The Kier molecular flexibility index (Phi) is 5.42. The second-order valence-corrected chi connectivity index (χ2v) is 6.25. The molecule has 0 radical (unpaired) electrons. The Hall–Kier alpha value is -3.48. The third kappa shape index (κ3) is 4.25. The van der Waals surface area contributed by atoms with Crippen molar-refractivity contribution >= 4 is 5.96 Å². The monoisotopic (exact) mass is 378 g/mol. The van der Waals surface area contributed by atoms with E-state index in [-0.39, 0.29) is 6.79 Å². The number of ether oxygens (including phenoxy) is 2. The lowest BCUT2D eigenvalue weighted by molar-refractivity contribution is 0.174. The molecule has 7 nitrogen and oxygen atoms in total. The van der Waals surface area contributed by atoms with Crippen LogP contribution in [0, 0.1) is 0 Å². The van der Waals surface area contributed by atoms with Crippen LogP contribution in [0.4, 0.5) is 0 Å². The number of oxazole rings is 1. The number of aliphatic imine (C=N–C) groups is 1. The molecule has 0 saturated carbocycles. The van der Waals surface area contributed by atoms with Crippen molar-refractivity contribution in [1.29, 1.82) is 0 Å². The summed E-state index contributed by atoms with van der Waals surface area (Å²) in [4.78, 5) is 9.16. The van der Waals surface area contributed by atoms with Gasteiger partial charge in [0.15, 0.2) is 17.5 Å². The Morgan fingerprint density at radius 1 is 1.07 bits per heavy atom. The van der Waals surface area contributed by atoms with Gasteiger partial charge in [0.1, 0.15) is 6.26 Å². The summed E-state index contributed by atoms with van der Waals surface area (Å²) in [5.41, 5.74) is 2.82. The number of benzene rings is 2. The zero-order valence-corrected chi connectivity index (χ0v) is 15.6. The first-order valence-corrected chi connectivity index (χ1v) is 9.22. The number of aromatic nitrogens is 1. The van der Waals surface area contributed by atoms with E-state index in [0.29, 0.717) is 24.9 Å². The van der Waals surface area contributed by atoms with E-state index < -0.39 is 0 Å². The maximum atomic E-state index is 5.58. The molecule has 0 atom stereocenters. The molecule has 0 saturated heterocycles. The summed E-state index contributed by atoms with van der Waals surface area (Å²) in [6, 6.07) is 15.7. The van der Waals surface area contributed by atoms with Gasteiger partial charge in [-0.05, 0) is 36.8 Å². The van der Waals surface area contributed by atoms with Crippen molar-refractivity contribution in [2.24, 2.45) is 4.99 Å². The molecule has 1 aromatic heterocycles. The highest BCUT2D eigenvalue weighted by molar-refractivity contribution is 5.79. The quantitative estimate of drug-likeness (QED) is 0.506. The average molecular weight is 378 g/mol. The SMILES string of the molecule is CCNC(=NCc1ccc2c(c1)OCO2)NCc1coc(-c2ccccc2)n1. The number of fused-ring (bicyclic) bond motifs is 1. The second-order valence-electron chi connectivity index (χ2n) is 6.25. The summed E-state index contributed by atoms with van der Waals surface area (Å²) in [5, 5.41) is 6.52. The minimum Gasteiger partial charge on any atom is -0.454 e. The lowest BCUT2D eigenvalue weighted by Gasteiger charge is -2.10. The van der Waals surface area contributed by atoms with Gasteiger partial charge in [-0.3, -0.25) is 0 Å². The molecule has 1 aliphatic rings. The Bertz CT molecular complexity index is 953. The molecule has 0 aliphatic carbocycles. The van der Waals surface area contributed by atoms with E-state index in [9.17, 15) is 0 Å². The first kappa shape index (κ1) is 17.9. The van der Waals surface area contributed by atoms with Crippen molar-refractivity contribution < 1.29 is 13.9 Å². The minimum atomic E-state index is 0.273. The third-order valence-electron chi connectivity index (χ3n) is 4.21. The molecular weight excluding hydrogens is 356 g/mol. The molecule has 7 heteroatoms. The Balaban J connectivity index is 1.38. The van der Waals surface area contributed by atoms with Gasteiger partial charge in [-0.15, -0.1) is 0 Å². The zero-order valence-electron chi connectivity index (χ0n) is 15.6. The average Bonchev–Trinajstić information content (AvgIpc) is 3.40. The minimum absolute atomic E-state index is 0.273. The van der Waals surface area contributed by atoms with Crippen LogP contribution in [0.15, 0.2) is 64.2 Å². The largest absolute Gasteiger partial charge is 0.454 e. The normalized spacial score (nSPS) is 12.8. The molecule has 0 unspecified atom stereocenters. The van der Waals surface area contributed by atoms with Crippen LogP contribution < -0.4 is 20.1 Å². The van der Waals surface area contributed by atoms with Crippen LogP contribution in [0.1, 0.15) is 18.2 Å². The van der Waals surface area contributed by atoms with Crippen molar-refractivity contribution in [3.05, 3.63) is 66.1 Å². The zero-order chi connectivity index (χ0) is 19.2. The molecule has 28 heavy (non-hydrogen) atoms. The topological polar surface area (TPSA) is 80.9 Å². The van der Waals surface area contributed by atoms with E-state index in [1.165, 1.54) is 0 Å². The van der Waals surface area contributed by atoms with Crippen LogP contribution in [0.25, 0.3) is 11.5 Å². The maximum Gasteiger partial charge on any atom is 0.231 e. The van der Waals surface area contributed by atoms with Gasteiger partial charge in [-0.1, -0.05) is 24.3 Å². The van der Waals surface area contributed by atoms with Gasteiger partial charge in [0.2, 0.25) is 12.7 Å². The predicted octanol–water partition coefficient (Wildman–Crippen LogP) is 3.33. The molecule has 1 aliphatic heterocycles. The Labute approximate surface area is 163 Å². The standard InChI is InChI=1S/C21H22N4O3/c1-2-22-21(23-11-15-8-9-18-19(10-15)28-14-27-18)24-12-17-13-26-20(25-17)16-6-4-3-5-7-16/h3-10,13H,2,11-12,14H2,1H3,(H2,22,23,24). The highest BCUT2D eigenvalue weighted by Gasteiger charge is 2.13. The molecule has 0 bridgehead atoms. The number of guanidine groups is 1. The summed E-state index contributed by atoms with van der Waals surface area (Å²) in [5.74, 6) is 2.86. The number of nitrogens with zero attached hydrogens (tertiary/aromatic N) is 2. The fraction of sp³-hybridized carbons (Fsp3) is 0.238. The molecule has 2 aromatic carbocycles. The number of hydrogen-bond acceptors (Lipinski definition) is 5. The molecule has 0 amide bonds. The first-order valence-electron chi connectivity index (χ1n) is 9.22. The molecule has 144 valence electrons. The van der Waals surface area contributed by atoms with Gasteiger partial charge in [-0.25, -0.2) is 9.98 Å². The fourth-order valence-corrected chi connectivity index (χ4v) is 2.83. The Morgan fingerprint density at radius 2 is 1.93 bits per heavy atom. The van der Waals surface area contributed by atoms with E-state index in [1.807, 2.05) is 55.5 Å². The number of rotatable bonds is 6. The van der Waals surface area contributed by atoms with Gasteiger partial charge in [-0.2, -0.15) is 0 Å². The fourth-order valence-electron chi connectivity index (χ4n) is 2.83. The molecule has 0 spiro atoms.